The number of halogens is 1. The number of ether oxygens (including phenoxy) is 1. The van der Waals surface area contributed by atoms with Crippen LogP contribution in [0.3, 0.4) is 0 Å². The van der Waals surface area contributed by atoms with Crippen molar-refractivity contribution in [1.82, 2.24) is 15.1 Å². The maximum absolute atomic E-state index is 12.4. The Morgan fingerprint density at radius 2 is 2.09 bits per heavy atom. The molecule has 3 rings (SSSR count). The predicted octanol–water partition coefficient (Wildman–Crippen LogP) is 2.16. The molecule has 1 saturated heterocycles. The molecule has 2 heterocycles. The number of rotatable bonds is 5. The van der Waals surface area contributed by atoms with E-state index in [0.29, 0.717) is 22.8 Å². The molecule has 1 aliphatic rings. The number of ketones is 1. The van der Waals surface area contributed by atoms with Gasteiger partial charge in [-0.25, -0.2) is 0 Å². The van der Waals surface area contributed by atoms with Gasteiger partial charge in [-0.05, 0) is 24.6 Å². The van der Waals surface area contributed by atoms with Crippen LogP contribution in [0, 0.1) is 6.92 Å². The molecule has 1 N–H and O–H groups in total. The van der Waals surface area contributed by atoms with Gasteiger partial charge in [-0.2, -0.15) is 5.10 Å². The van der Waals surface area contributed by atoms with E-state index in [1.807, 2.05) is 24.3 Å². The average Bonchev–Trinajstić information content (AvgIpc) is 2.69. The molecule has 0 unspecified atom stereocenters. The molecule has 0 amide bonds. The third-order valence-corrected chi connectivity index (χ3v) is 4.20. The van der Waals surface area contributed by atoms with Crippen LogP contribution in [0.15, 0.2) is 24.3 Å². The van der Waals surface area contributed by atoms with Crippen LogP contribution >= 0.6 is 11.6 Å². The van der Waals surface area contributed by atoms with Crippen molar-refractivity contribution in [1.29, 1.82) is 0 Å². The number of nitrogens with zero attached hydrogens (tertiary/aromatic N) is 2. The number of benzene rings is 1. The van der Waals surface area contributed by atoms with Crippen LogP contribution < -0.4 is 10.1 Å². The maximum Gasteiger partial charge on any atom is 0.186 e. The van der Waals surface area contributed by atoms with E-state index in [1.54, 1.807) is 18.7 Å². The molecule has 0 aliphatic carbocycles. The molecular formula is C16H18ClN3O2. The number of carbonyl (C=O) groups excluding carboxylic acids is 1. The lowest BCUT2D eigenvalue weighted by molar-refractivity contribution is 0.0984. The van der Waals surface area contributed by atoms with Crippen LogP contribution in [0.2, 0.25) is 5.02 Å². The highest BCUT2D eigenvalue weighted by molar-refractivity contribution is 6.34. The third kappa shape index (κ3) is 3.00. The van der Waals surface area contributed by atoms with Gasteiger partial charge in [-0.15, -0.1) is 0 Å². The van der Waals surface area contributed by atoms with Crippen LogP contribution in [0.1, 0.15) is 21.7 Å². The molecule has 0 radical (unpaired) electrons. The van der Waals surface area contributed by atoms with E-state index >= 15 is 0 Å². The smallest absolute Gasteiger partial charge is 0.186 e. The number of aromatic nitrogens is 2. The van der Waals surface area contributed by atoms with Gasteiger partial charge in [0.2, 0.25) is 0 Å². The van der Waals surface area contributed by atoms with Gasteiger partial charge in [0.25, 0.3) is 0 Å². The Bertz CT molecular complexity index is 690. The van der Waals surface area contributed by atoms with Crippen molar-refractivity contribution in [3.8, 4) is 5.75 Å². The van der Waals surface area contributed by atoms with E-state index in [4.69, 9.17) is 16.3 Å². The van der Waals surface area contributed by atoms with Crippen LogP contribution in [0.25, 0.3) is 0 Å². The average molecular weight is 320 g/mol. The molecule has 0 saturated carbocycles. The number of carbonyl (C=O) groups is 1. The molecule has 1 aromatic heterocycles. The van der Waals surface area contributed by atoms with Crippen LogP contribution in [-0.2, 0) is 13.5 Å². The van der Waals surface area contributed by atoms with E-state index in [1.165, 1.54) is 0 Å². The molecule has 5 nitrogen and oxygen atoms in total. The molecule has 1 aromatic carbocycles. The fraction of sp³-hybridized carbons (Fsp3) is 0.375. The summed E-state index contributed by atoms with van der Waals surface area (Å²) in [4.78, 5) is 12.4. The molecule has 22 heavy (non-hydrogen) atoms. The first-order valence-electron chi connectivity index (χ1n) is 7.23. The topological polar surface area (TPSA) is 56.2 Å². The van der Waals surface area contributed by atoms with Gasteiger partial charge in [0.05, 0.1) is 10.7 Å². The Balaban J connectivity index is 1.68. The standard InChI is InChI=1S/C16H18ClN3O2/c1-10-15(17)16(20(2)19-10)14(21)7-11-3-5-12(6-4-11)22-13-8-18-9-13/h3-6,13,18H,7-9H2,1-2H3. The van der Waals surface area contributed by atoms with Crippen molar-refractivity contribution in [3.05, 3.63) is 46.2 Å². The minimum Gasteiger partial charge on any atom is -0.488 e. The molecule has 6 heteroatoms. The SMILES string of the molecule is Cc1nn(C)c(C(=O)Cc2ccc(OC3CNC3)cc2)c1Cl. The van der Waals surface area contributed by atoms with E-state index in [2.05, 4.69) is 10.4 Å². The number of nitrogens with one attached hydrogen (secondary N) is 1. The van der Waals surface area contributed by atoms with Crippen molar-refractivity contribution in [2.24, 2.45) is 7.05 Å². The summed E-state index contributed by atoms with van der Waals surface area (Å²) >= 11 is 6.15. The summed E-state index contributed by atoms with van der Waals surface area (Å²) in [6.07, 6.45) is 0.549. The minimum atomic E-state index is -0.0371. The fourth-order valence-electron chi connectivity index (χ4n) is 2.43. The van der Waals surface area contributed by atoms with E-state index in [0.717, 1.165) is 24.4 Å². The fourth-order valence-corrected chi connectivity index (χ4v) is 2.69. The van der Waals surface area contributed by atoms with Gasteiger partial charge < -0.3 is 10.1 Å². The Kier molecular flexibility index (Phi) is 4.18. The summed E-state index contributed by atoms with van der Waals surface area (Å²) in [6.45, 7) is 3.57. The second-order valence-electron chi connectivity index (χ2n) is 5.51. The zero-order valence-electron chi connectivity index (χ0n) is 12.6. The zero-order valence-corrected chi connectivity index (χ0v) is 13.4. The van der Waals surface area contributed by atoms with E-state index in [-0.39, 0.29) is 11.9 Å². The van der Waals surface area contributed by atoms with Gasteiger partial charge in [-0.1, -0.05) is 23.7 Å². The highest BCUT2D eigenvalue weighted by Crippen LogP contribution is 2.22. The summed E-state index contributed by atoms with van der Waals surface area (Å²) in [5.41, 5.74) is 2.06. The van der Waals surface area contributed by atoms with Crippen LogP contribution in [0.5, 0.6) is 5.75 Å². The Labute approximate surface area is 134 Å². The predicted molar refractivity (Wildman–Crippen MR) is 84.7 cm³/mol. The quantitative estimate of drug-likeness (QED) is 0.858. The Morgan fingerprint density at radius 3 is 2.59 bits per heavy atom. The van der Waals surface area contributed by atoms with E-state index < -0.39 is 0 Å². The first-order chi connectivity index (χ1) is 10.5. The summed E-state index contributed by atoms with van der Waals surface area (Å²) < 4.78 is 7.30. The highest BCUT2D eigenvalue weighted by atomic mass is 35.5. The van der Waals surface area contributed by atoms with Gasteiger partial charge in [-0.3, -0.25) is 9.48 Å². The van der Waals surface area contributed by atoms with Gasteiger partial charge >= 0.3 is 0 Å². The van der Waals surface area contributed by atoms with Crippen molar-refractivity contribution >= 4 is 17.4 Å². The molecule has 0 bridgehead atoms. The van der Waals surface area contributed by atoms with Crippen molar-refractivity contribution in [2.45, 2.75) is 19.4 Å². The molecule has 2 aromatic rings. The maximum atomic E-state index is 12.4. The number of aryl methyl sites for hydroxylation is 2. The summed E-state index contributed by atoms with van der Waals surface area (Å²) in [7, 11) is 1.73. The molecule has 1 aliphatic heterocycles. The molecular weight excluding hydrogens is 302 g/mol. The minimum absolute atomic E-state index is 0.0371. The molecule has 116 valence electrons. The normalized spacial score (nSPS) is 14.7. The number of hydrogen-bond acceptors (Lipinski definition) is 4. The van der Waals surface area contributed by atoms with Crippen molar-refractivity contribution in [3.63, 3.8) is 0 Å². The lowest BCUT2D eigenvalue weighted by Crippen LogP contribution is -2.50. The lowest BCUT2D eigenvalue weighted by atomic mass is 10.1. The second-order valence-corrected chi connectivity index (χ2v) is 5.89. The Morgan fingerprint density at radius 1 is 1.41 bits per heavy atom. The Hall–Kier alpha value is -1.85. The van der Waals surface area contributed by atoms with Crippen LogP contribution in [0.4, 0.5) is 0 Å². The van der Waals surface area contributed by atoms with Gasteiger partial charge in [0, 0.05) is 26.6 Å². The highest BCUT2D eigenvalue weighted by Gasteiger charge is 2.20. The molecule has 0 atom stereocenters. The molecule has 1 fully saturated rings. The zero-order chi connectivity index (χ0) is 15.7. The largest absolute Gasteiger partial charge is 0.488 e. The third-order valence-electron chi connectivity index (χ3n) is 3.75. The van der Waals surface area contributed by atoms with E-state index in [9.17, 15) is 4.79 Å². The molecule has 0 spiro atoms. The lowest BCUT2D eigenvalue weighted by Gasteiger charge is -2.27. The second kappa shape index (κ2) is 6.10. The van der Waals surface area contributed by atoms with Crippen molar-refractivity contribution < 1.29 is 9.53 Å². The summed E-state index contributed by atoms with van der Waals surface area (Å²) in [5, 5.41) is 7.77. The van der Waals surface area contributed by atoms with Crippen LogP contribution in [-0.4, -0.2) is 34.8 Å². The summed E-state index contributed by atoms with van der Waals surface area (Å²) in [5.74, 6) is 0.794. The first kappa shape index (κ1) is 15.1. The summed E-state index contributed by atoms with van der Waals surface area (Å²) in [6, 6.07) is 7.63. The van der Waals surface area contributed by atoms with Crippen molar-refractivity contribution in [2.75, 3.05) is 13.1 Å². The first-order valence-corrected chi connectivity index (χ1v) is 7.61. The van der Waals surface area contributed by atoms with Gasteiger partial charge in [0.1, 0.15) is 17.5 Å². The van der Waals surface area contributed by atoms with Gasteiger partial charge in [0.15, 0.2) is 5.78 Å². The monoisotopic (exact) mass is 319 g/mol. The number of hydrogen-bond donors (Lipinski definition) is 1. The number of Topliss-reactive ketones (excluding diaryl/α,β-unsaturated/α-hetero) is 1.